The van der Waals surface area contributed by atoms with E-state index in [0.29, 0.717) is 5.41 Å². The molecule has 2 aliphatic heterocycles. The zero-order valence-corrected chi connectivity index (χ0v) is 6.08. The van der Waals surface area contributed by atoms with Crippen molar-refractivity contribution in [2.24, 2.45) is 5.41 Å². The van der Waals surface area contributed by atoms with E-state index in [1.165, 1.54) is 0 Å². The monoisotopic (exact) mass is 146 g/mol. The van der Waals surface area contributed by atoms with Crippen LogP contribution in [0.5, 0.6) is 0 Å². The van der Waals surface area contributed by atoms with Crippen molar-refractivity contribution in [3.05, 3.63) is 0 Å². The molecule has 2 nitrogen and oxygen atoms in total. The molecule has 2 fully saturated rings. The Hall–Kier alpha value is 0.270. The average Bonchev–Trinajstić information content (AvgIpc) is 2.12. The van der Waals surface area contributed by atoms with Crippen LogP contribution in [0.25, 0.3) is 0 Å². The van der Waals surface area contributed by atoms with Crippen molar-refractivity contribution < 1.29 is 9.29 Å². The van der Waals surface area contributed by atoms with Gasteiger partial charge >= 0.3 is 0 Å². The Morgan fingerprint density at radius 1 is 1.44 bits per heavy atom. The van der Waals surface area contributed by atoms with E-state index in [9.17, 15) is 4.55 Å². The molecule has 2 aliphatic rings. The number of ether oxygens (including phenoxy) is 1. The van der Waals surface area contributed by atoms with Crippen LogP contribution in [0, 0.1) is 5.41 Å². The molecule has 0 bridgehead atoms. The second-order valence-corrected chi connectivity index (χ2v) is 4.49. The third-order valence-electron chi connectivity index (χ3n) is 2.12. The molecule has 0 aromatic rings. The van der Waals surface area contributed by atoms with Crippen LogP contribution in [0.2, 0.25) is 0 Å². The Balaban J connectivity index is 1.95. The van der Waals surface area contributed by atoms with Gasteiger partial charge in [-0.3, -0.25) is 0 Å². The largest absolute Gasteiger partial charge is 0.616 e. The molecule has 2 heterocycles. The summed E-state index contributed by atoms with van der Waals surface area (Å²) in [5.41, 5.74) is 0.366. The molecule has 52 valence electrons. The zero-order valence-electron chi connectivity index (χ0n) is 5.26. The topological polar surface area (TPSA) is 32.3 Å². The summed E-state index contributed by atoms with van der Waals surface area (Å²) in [5.74, 6) is 1.79. The van der Waals surface area contributed by atoms with Crippen molar-refractivity contribution in [2.45, 2.75) is 6.42 Å². The highest BCUT2D eigenvalue weighted by atomic mass is 32.2. The van der Waals surface area contributed by atoms with Crippen molar-refractivity contribution in [3.63, 3.8) is 0 Å². The predicted octanol–water partition coefficient (Wildman–Crippen LogP) is 0.155. The Bertz CT molecular complexity index is 112. The van der Waals surface area contributed by atoms with Crippen molar-refractivity contribution in [1.29, 1.82) is 0 Å². The van der Waals surface area contributed by atoms with Crippen molar-refractivity contribution in [3.8, 4) is 0 Å². The van der Waals surface area contributed by atoms with Crippen LogP contribution in [-0.4, -0.2) is 29.3 Å². The van der Waals surface area contributed by atoms with E-state index in [1.807, 2.05) is 0 Å². The second-order valence-electron chi connectivity index (χ2n) is 3.03. The van der Waals surface area contributed by atoms with Gasteiger partial charge in [0.15, 0.2) is 0 Å². The van der Waals surface area contributed by atoms with Gasteiger partial charge in [-0.25, -0.2) is 0 Å². The van der Waals surface area contributed by atoms with Gasteiger partial charge in [0, 0.05) is 6.61 Å². The fourth-order valence-corrected chi connectivity index (χ4v) is 3.25. The van der Waals surface area contributed by atoms with Gasteiger partial charge in [-0.05, 0) is 6.42 Å². The molecular formula is C6H10O2S. The molecule has 0 radical (unpaired) electrons. The normalized spacial score (nSPS) is 49.7. The van der Waals surface area contributed by atoms with Crippen molar-refractivity contribution in [2.75, 3.05) is 24.7 Å². The van der Waals surface area contributed by atoms with E-state index < -0.39 is 11.2 Å². The van der Waals surface area contributed by atoms with Gasteiger partial charge in [0.1, 0.15) is 11.5 Å². The quantitative estimate of drug-likeness (QED) is 0.456. The molecule has 0 aromatic heterocycles. The van der Waals surface area contributed by atoms with Gasteiger partial charge in [-0.15, -0.1) is 0 Å². The lowest BCUT2D eigenvalue weighted by atomic mass is 9.92. The average molecular weight is 146 g/mol. The van der Waals surface area contributed by atoms with E-state index in [2.05, 4.69) is 0 Å². The lowest BCUT2D eigenvalue weighted by Gasteiger charge is -2.37. The summed E-state index contributed by atoms with van der Waals surface area (Å²) in [6, 6.07) is 0. The fraction of sp³-hybridized carbons (Fsp3) is 1.00. The summed E-state index contributed by atoms with van der Waals surface area (Å²) >= 11 is -0.501. The van der Waals surface area contributed by atoms with Gasteiger partial charge < -0.3 is 9.29 Å². The van der Waals surface area contributed by atoms with Gasteiger partial charge in [-0.1, -0.05) is 11.2 Å². The highest BCUT2D eigenvalue weighted by Gasteiger charge is 2.50. The van der Waals surface area contributed by atoms with E-state index in [4.69, 9.17) is 4.74 Å². The predicted molar refractivity (Wildman–Crippen MR) is 35.7 cm³/mol. The first-order valence-corrected chi connectivity index (χ1v) is 4.72. The van der Waals surface area contributed by atoms with E-state index in [1.54, 1.807) is 0 Å². The molecule has 0 atom stereocenters. The second kappa shape index (κ2) is 1.87. The van der Waals surface area contributed by atoms with E-state index in [-0.39, 0.29) is 0 Å². The van der Waals surface area contributed by atoms with Gasteiger partial charge in [0.2, 0.25) is 0 Å². The van der Waals surface area contributed by atoms with Gasteiger partial charge in [-0.2, -0.15) is 0 Å². The minimum Gasteiger partial charge on any atom is -0.616 e. The van der Waals surface area contributed by atoms with Gasteiger partial charge in [0.25, 0.3) is 0 Å². The molecule has 0 saturated carbocycles. The zero-order chi connectivity index (χ0) is 6.32. The lowest BCUT2D eigenvalue weighted by molar-refractivity contribution is 0.163. The standard InChI is InChI=1S/C6H10O2S/c7-9-4-6(5-9)1-2-8-3-6/h1-5H2. The number of hydrogen-bond donors (Lipinski definition) is 0. The van der Waals surface area contributed by atoms with Crippen LogP contribution in [0.3, 0.4) is 0 Å². The first-order valence-electron chi connectivity index (χ1n) is 3.24. The third-order valence-corrected chi connectivity index (χ3v) is 3.99. The molecule has 0 aromatic carbocycles. The van der Waals surface area contributed by atoms with E-state index >= 15 is 0 Å². The van der Waals surface area contributed by atoms with Crippen LogP contribution in [0.4, 0.5) is 0 Å². The molecule has 3 heteroatoms. The number of hydrogen-bond acceptors (Lipinski definition) is 2. The molecule has 0 amide bonds. The highest BCUT2D eigenvalue weighted by Crippen LogP contribution is 2.39. The SMILES string of the molecule is [O-][S+]1CC2(CCOC2)C1. The van der Waals surface area contributed by atoms with Crippen molar-refractivity contribution >= 4 is 11.2 Å². The molecule has 9 heavy (non-hydrogen) atoms. The van der Waals surface area contributed by atoms with Crippen LogP contribution in [0.1, 0.15) is 6.42 Å². The highest BCUT2D eigenvalue weighted by molar-refractivity contribution is 7.92. The summed E-state index contributed by atoms with van der Waals surface area (Å²) in [7, 11) is 0. The Kier molecular flexibility index (Phi) is 1.25. The summed E-state index contributed by atoms with van der Waals surface area (Å²) in [6.45, 7) is 1.75. The summed E-state index contributed by atoms with van der Waals surface area (Å²) in [5, 5.41) is 0. The fourth-order valence-electron chi connectivity index (χ4n) is 1.52. The molecule has 0 aliphatic carbocycles. The summed E-state index contributed by atoms with van der Waals surface area (Å²) in [4.78, 5) is 0. The van der Waals surface area contributed by atoms with Crippen LogP contribution < -0.4 is 0 Å². The molecule has 2 saturated heterocycles. The van der Waals surface area contributed by atoms with Crippen molar-refractivity contribution in [1.82, 2.24) is 0 Å². The van der Waals surface area contributed by atoms with Crippen LogP contribution in [0.15, 0.2) is 0 Å². The van der Waals surface area contributed by atoms with Gasteiger partial charge in [0.05, 0.1) is 12.0 Å². The minimum atomic E-state index is -0.501. The molecular weight excluding hydrogens is 136 g/mol. The number of rotatable bonds is 0. The molecule has 1 spiro atoms. The first-order chi connectivity index (χ1) is 4.31. The van der Waals surface area contributed by atoms with Crippen LogP contribution in [-0.2, 0) is 15.9 Å². The Morgan fingerprint density at radius 3 is 2.67 bits per heavy atom. The molecule has 0 unspecified atom stereocenters. The Labute approximate surface area is 57.8 Å². The van der Waals surface area contributed by atoms with Crippen LogP contribution >= 0.6 is 0 Å². The maximum absolute atomic E-state index is 10.7. The Morgan fingerprint density at radius 2 is 2.22 bits per heavy atom. The smallest absolute Gasteiger partial charge is 0.118 e. The summed E-state index contributed by atoms with van der Waals surface area (Å²) in [6.07, 6.45) is 1.14. The first kappa shape index (κ1) is 6.01. The van der Waals surface area contributed by atoms with E-state index in [0.717, 1.165) is 31.1 Å². The minimum absolute atomic E-state index is 0.366. The maximum Gasteiger partial charge on any atom is 0.118 e. The molecule has 2 rings (SSSR count). The third kappa shape index (κ3) is 0.876. The lowest BCUT2D eigenvalue weighted by Crippen LogP contribution is -2.48. The maximum atomic E-state index is 10.7. The molecule has 0 N–H and O–H groups in total. The summed E-state index contributed by atoms with van der Waals surface area (Å²) < 4.78 is 15.9.